The molecule has 240 valence electrons. The highest BCUT2D eigenvalue weighted by atomic mass is 15.3. The Bertz CT molecular complexity index is 2940. The quantitative estimate of drug-likeness (QED) is 0.274. The van der Waals surface area contributed by atoms with E-state index in [2.05, 4.69) is 135 Å². The minimum absolute atomic E-state index is 0.516. The monoisotopic (exact) mass is 638 g/mol. The van der Waals surface area contributed by atoms with Crippen LogP contribution in [0.25, 0.3) is 95.7 Å². The molecule has 0 unspecified atom stereocenters. The van der Waals surface area contributed by atoms with Gasteiger partial charge in [0, 0.05) is 64.5 Å². The summed E-state index contributed by atoms with van der Waals surface area (Å²) in [5.74, 6) is 12.3. The van der Waals surface area contributed by atoms with Gasteiger partial charge in [-0.1, -0.05) is 101 Å². The summed E-state index contributed by atoms with van der Waals surface area (Å²) in [4.78, 5) is 0. The minimum Gasteiger partial charge on any atom is -0.339 e. The molecule has 6 heteroatoms. The Balaban J connectivity index is 1.11. The largest absolute Gasteiger partial charge is 0.339 e. The van der Waals surface area contributed by atoms with Crippen molar-refractivity contribution in [2.75, 3.05) is 11.7 Å². The van der Waals surface area contributed by atoms with Crippen molar-refractivity contribution in [3.63, 3.8) is 0 Å². The molecule has 4 aromatic carbocycles. The summed E-state index contributed by atoms with van der Waals surface area (Å²) in [6.07, 6.45) is 1.53. The second-order valence-corrected chi connectivity index (χ2v) is 13.2. The van der Waals surface area contributed by atoms with E-state index in [0.717, 1.165) is 98.7 Å². The second kappa shape index (κ2) is 10.6. The predicted octanol–water partition coefficient (Wildman–Crippen LogP) is 1.90. The van der Waals surface area contributed by atoms with Crippen LogP contribution >= 0.6 is 0 Å². The molecule has 0 amide bonds. The van der Waals surface area contributed by atoms with E-state index in [9.17, 15) is 0 Å². The molecular weight excluding hydrogens is 601 g/mol. The van der Waals surface area contributed by atoms with Crippen molar-refractivity contribution in [3.05, 3.63) is 138 Å². The van der Waals surface area contributed by atoms with Crippen molar-refractivity contribution in [1.29, 1.82) is 0 Å². The summed E-state index contributed by atoms with van der Waals surface area (Å²) in [5, 5.41) is 15.2. The van der Waals surface area contributed by atoms with Crippen LogP contribution in [0.5, 0.6) is 0 Å². The van der Waals surface area contributed by atoms with Crippen molar-refractivity contribution >= 4 is 95.7 Å². The SMILES string of the molecule is C=c1c2ccc(Cc3ccc4c(=C)n(Cn5c(=C)c6ccc(Cc7ccc8c(=C)n(N)c(=C)c8c7)cc6c5=C)c(=C)c4c3)cc2c(=C)n1N. The van der Waals surface area contributed by atoms with Crippen LogP contribution in [0.15, 0.2) is 72.8 Å². The van der Waals surface area contributed by atoms with E-state index in [1.54, 1.807) is 9.35 Å². The summed E-state index contributed by atoms with van der Waals surface area (Å²) in [5.41, 5.74) is 4.74. The summed E-state index contributed by atoms with van der Waals surface area (Å²) in [7, 11) is 0. The van der Waals surface area contributed by atoms with Crippen LogP contribution in [-0.2, 0) is 19.5 Å². The molecule has 4 aromatic heterocycles. The number of hydrogen-bond acceptors (Lipinski definition) is 2. The average molecular weight is 639 g/mol. The topological polar surface area (TPSA) is 71.8 Å². The van der Waals surface area contributed by atoms with E-state index in [1.165, 1.54) is 22.3 Å². The van der Waals surface area contributed by atoms with Crippen LogP contribution in [0.3, 0.4) is 0 Å². The molecule has 6 nitrogen and oxygen atoms in total. The van der Waals surface area contributed by atoms with Gasteiger partial charge >= 0.3 is 0 Å². The second-order valence-electron chi connectivity index (χ2n) is 13.2. The Kier molecular flexibility index (Phi) is 6.46. The van der Waals surface area contributed by atoms with Crippen molar-refractivity contribution < 1.29 is 0 Å². The van der Waals surface area contributed by atoms with Gasteiger partial charge < -0.3 is 20.8 Å². The maximum absolute atomic E-state index is 6.13. The molecule has 49 heavy (non-hydrogen) atoms. The first-order valence-corrected chi connectivity index (χ1v) is 16.1. The minimum atomic E-state index is 0.516. The van der Waals surface area contributed by atoms with Gasteiger partial charge in [-0.3, -0.25) is 9.35 Å². The first-order chi connectivity index (χ1) is 23.4. The van der Waals surface area contributed by atoms with E-state index < -0.39 is 0 Å². The van der Waals surface area contributed by atoms with Gasteiger partial charge in [-0.15, -0.1) is 0 Å². The van der Waals surface area contributed by atoms with Gasteiger partial charge in [0.15, 0.2) is 0 Å². The molecule has 0 aliphatic heterocycles. The standard InChI is InChI=1S/C43H38N6/c1-24-36-13-9-32(17-34-11-15-38-28(5)48(44)30(7)42(38)21-34)19-40(36)26(3)46(24)23-47-25(2)37-14-10-33(20-41(37)27(47)4)18-35-12-16-39-29(6)49(45)31(8)43(39)22-35/h9-16,19-22H,1-8,17-18,23,44-45H2. The number of nitrogens with two attached hydrogens (primary N) is 2. The van der Waals surface area contributed by atoms with E-state index in [0.29, 0.717) is 6.67 Å². The molecule has 8 aromatic rings. The summed E-state index contributed by atoms with van der Waals surface area (Å²) < 4.78 is 7.42. The van der Waals surface area contributed by atoms with Gasteiger partial charge in [0.05, 0.1) is 28.1 Å². The smallest absolute Gasteiger partial charge is 0.0999 e. The highest BCUT2D eigenvalue weighted by molar-refractivity contribution is 5.87. The molecule has 0 atom stereocenters. The molecule has 0 saturated carbocycles. The lowest BCUT2D eigenvalue weighted by molar-refractivity contribution is 0.573. The fraction of sp³-hybridized carbons (Fsp3) is 0.0698. The van der Waals surface area contributed by atoms with Gasteiger partial charge in [-0.25, -0.2) is 0 Å². The number of fused-ring (bicyclic) bond motifs is 4. The molecule has 0 fully saturated rings. The van der Waals surface area contributed by atoms with Gasteiger partial charge in [0.2, 0.25) is 0 Å². The van der Waals surface area contributed by atoms with E-state index in [-0.39, 0.29) is 0 Å². The zero-order valence-corrected chi connectivity index (χ0v) is 27.6. The van der Waals surface area contributed by atoms with E-state index in [1.807, 2.05) is 0 Å². The molecule has 0 saturated heterocycles. The van der Waals surface area contributed by atoms with Crippen molar-refractivity contribution in [2.24, 2.45) is 0 Å². The normalized spacial score (nSPS) is 11.9. The summed E-state index contributed by atoms with van der Waals surface area (Å²) in [6, 6.07) is 25.8. The Morgan fingerprint density at radius 2 is 0.592 bits per heavy atom. The van der Waals surface area contributed by atoms with Crippen LogP contribution < -0.4 is 54.5 Å². The van der Waals surface area contributed by atoms with Gasteiger partial charge in [0.25, 0.3) is 0 Å². The number of hydrogen-bond donors (Lipinski definition) is 2. The Morgan fingerprint density at radius 1 is 0.347 bits per heavy atom. The number of aromatic nitrogens is 4. The highest BCUT2D eigenvalue weighted by Gasteiger charge is 2.12. The first-order valence-electron chi connectivity index (χ1n) is 16.1. The Hall–Kier alpha value is -6.40. The van der Waals surface area contributed by atoms with Crippen molar-refractivity contribution in [2.45, 2.75) is 19.5 Å². The van der Waals surface area contributed by atoms with Crippen LogP contribution in [-0.4, -0.2) is 18.5 Å². The summed E-state index contributed by atoms with van der Waals surface area (Å²) >= 11 is 0. The molecule has 0 aliphatic rings. The average Bonchev–Trinajstić information content (AvgIpc) is 3.65. The Morgan fingerprint density at radius 3 is 0.918 bits per heavy atom. The molecule has 0 radical (unpaired) electrons. The third-order valence-electron chi connectivity index (χ3n) is 10.4. The predicted molar refractivity (Wildman–Crippen MR) is 210 cm³/mol. The van der Waals surface area contributed by atoms with E-state index >= 15 is 0 Å². The van der Waals surface area contributed by atoms with Gasteiger partial charge in [0.1, 0.15) is 0 Å². The first kappa shape index (κ1) is 30.0. The number of nitrogen functional groups attached to an aromatic ring is 2. The molecule has 4 heterocycles. The van der Waals surface area contributed by atoms with Crippen molar-refractivity contribution in [1.82, 2.24) is 18.5 Å². The van der Waals surface area contributed by atoms with Gasteiger partial charge in [-0.2, -0.15) is 0 Å². The van der Waals surface area contributed by atoms with Crippen molar-refractivity contribution in [3.8, 4) is 0 Å². The van der Waals surface area contributed by atoms with Crippen LogP contribution in [0.2, 0.25) is 0 Å². The zero-order valence-electron chi connectivity index (χ0n) is 27.6. The van der Waals surface area contributed by atoms with Crippen LogP contribution in [0.1, 0.15) is 22.3 Å². The maximum atomic E-state index is 6.13. The number of rotatable bonds is 6. The third-order valence-corrected chi connectivity index (χ3v) is 10.4. The molecule has 0 spiro atoms. The van der Waals surface area contributed by atoms with E-state index in [4.69, 9.17) is 11.7 Å². The lowest BCUT2D eigenvalue weighted by Crippen LogP contribution is -2.36. The fourth-order valence-electron chi connectivity index (χ4n) is 7.47. The third kappa shape index (κ3) is 4.41. The lowest BCUT2D eigenvalue weighted by Gasteiger charge is -2.07. The molecule has 4 N–H and O–H groups in total. The Labute approximate surface area is 282 Å². The maximum Gasteiger partial charge on any atom is 0.0999 e. The summed E-state index contributed by atoms with van der Waals surface area (Å²) in [6.45, 7) is 34.9. The fourth-order valence-corrected chi connectivity index (χ4v) is 7.47. The van der Waals surface area contributed by atoms with Crippen LogP contribution in [0.4, 0.5) is 0 Å². The molecule has 0 bridgehead atoms. The van der Waals surface area contributed by atoms with Gasteiger partial charge in [-0.05, 0) is 59.4 Å². The molecule has 0 aliphatic carbocycles. The number of nitrogens with zero attached hydrogens (tertiary/aromatic N) is 4. The lowest BCUT2D eigenvalue weighted by atomic mass is 10.0. The molecular formula is C43H38N6. The highest BCUT2D eigenvalue weighted by Crippen LogP contribution is 2.19. The zero-order chi connectivity index (χ0) is 34.5. The number of benzene rings is 4. The molecule has 8 rings (SSSR count). The van der Waals surface area contributed by atoms with Crippen LogP contribution in [0, 0.1) is 0 Å².